The highest BCUT2D eigenvalue weighted by Gasteiger charge is 2.24. The van der Waals surface area contributed by atoms with Crippen LogP contribution in [0.25, 0.3) is 0 Å². The molecule has 1 heterocycles. The average molecular weight is 264 g/mol. The van der Waals surface area contributed by atoms with Gasteiger partial charge in [-0.1, -0.05) is 13.0 Å². The number of phenols is 1. The van der Waals surface area contributed by atoms with Crippen LogP contribution in [0, 0.1) is 0 Å². The van der Waals surface area contributed by atoms with Crippen LogP contribution in [0.2, 0.25) is 0 Å². The summed E-state index contributed by atoms with van der Waals surface area (Å²) in [5, 5.41) is 22.8. The number of rotatable bonds is 5. The Labute approximate surface area is 115 Å². The molecule has 106 valence electrons. The molecule has 19 heavy (non-hydrogen) atoms. The highest BCUT2D eigenvalue weighted by Crippen LogP contribution is 2.32. The van der Waals surface area contributed by atoms with E-state index in [4.69, 9.17) is 0 Å². The van der Waals surface area contributed by atoms with Crippen molar-refractivity contribution in [2.45, 2.75) is 38.8 Å². The molecule has 0 aliphatic carbocycles. The van der Waals surface area contributed by atoms with E-state index in [1.165, 1.54) is 0 Å². The number of hydrogen-bond donors (Lipinski definition) is 3. The van der Waals surface area contributed by atoms with Gasteiger partial charge in [-0.3, -0.25) is 0 Å². The van der Waals surface area contributed by atoms with E-state index < -0.39 is 0 Å². The van der Waals surface area contributed by atoms with E-state index in [0.717, 1.165) is 37.2 Å². The molecular weight excluding hydrogens is 240 g/mol. The van der Waals surface area contributed by atoms with Crippen molar-refractivity contribution in [1.82, 2.24) is 5.32 Å². The van der Waals surface area contributed by atoms with E-state index in [1.54, 1.807) is 0 Å². The minimum atomic E-state index is 0.145. The Morgan fingerprint density at radius 3 is 2.89 bits per heavy atom. The number of nitrogens with zero attached hydrogens (tertiary/aromatic N) is 1. The monoisotopic (exact) mass is 264 g/mol. The van der Waals surface area contributed by atoms with Crippen LogP contribution >= 0.6 is 0 Å². The van der Waals surface area contributed by atoms with Crippen LogP contribution in [-0.2, 0) is 0 Å². The topological polar surface area (TPSA) is 55.7 Å². The predicted molar refractivity (Wildman–Crippen MR) is 77.7 cm³/mol. The molecule has 2 unspecified atom stereocenters. The van der Waals surface area contributed by atoms with Gasteiger partial charge in [-0.15, -0.1) is 0 Å². The summed E-state index contributed by atoms with van der Waals surface area (Å²) < 4.78 is 0. The quantitative estimate of drug-likeness (QED) is 0.761. The van der Waals surface area contributed by atoms with E-state index in [1.807, 2.05) is 25.1 Å². The second kappa shape index (κ2) is 6.26. The highest BCUT2D eigenvalue weighted by atomic mass is 16.3. The molecule has 0 aromatic heterocycles. The lowest BCUT2D eigenvalue weighted by atomic mass is 10.1. The van der Waals surface area contributed by atoms with Crippen LogP contribution in [0.15, 0.2) is 18.2 Å². The molecule has 0 spiro atoms. The zero-order chi connectivity index (χ0) is 13.8. The third-order valence-corrected chi connectivity index (χ3v) is 3.91. The Bertz CT molecular complexity index is 423. The molecule has 1 aliphatic heterocycles. The first kappa shape index (κ1) is 14.2. The first-order valence-corrected chi connectivity index (χ1v) is 7.11. The minimum Gasteiger partial charge on any atom is -0.508 e. The lowest BCUT2D eigenvalue weighted by Gasteiger charge is -2.26. The maximum absolute atomic E-state index is 10.2. The molecule has 3 N–H and O–H groups in total. The average Bonchev–Trinajstić information content (AvgIpc) is 2.87. The number of aliphatic hydroxyl groups excluding tert-OH is 1. The molecule has 1 fully saturated rings. The van der Waals surface area contributed by atoms with Gasteiger partial charge >= 0.3 is 0 Å². The first-order valence-electron chi connectivity index (χ1n) is 7.11. The zero-order valence-electron chi connectivity index (χ0n) is 11.8. The van der Waals surface area contributed by atoms with E-state index >= 15 is 0 Å². The van der Waals surface area contributed by atoms with Crippen molar-refractivity contribution in [2.75, 3.05) is 24.6 Å². The molecule has 0 bridgehead atoms. The summed E-state index contributed by atoms with van der Waals surface area (Å²) in [5.41, 5.74) is 1.92. The van der Waals surface area contributed by atoms with Crippen molar-refractivity contribution < 1.29 is 10.2 Å². The minimum absolute atomic E-state index is 0.145. The summed E-state index contributed by atoms with van der Waals surface area (Å²) in [6.07, 6.45) is 2.12. The summed E-state index contributed by atoms with van der Waals surface area (Å²) in [5.74, 6) is 0.328. The Morgan fingerprint density at radius 1 is 1.47 bits per heavy atom. The van der Waals surface area contributed by atoms with Crippen molar-refractivity contribution in [3.8, 4) is 5.75 Å². The summed E-state index contributed by atoms with van der Waals surface area (Å²) in [7, 11) is 0. The van der Waals surface area contributed by atoms with Gasteiger partial charge in [-0.2, -0.15) is 0 Å². The maximum atomic E-state index is 10.2. The number of hydrogen-bond acceptors (Lipinski definition) is 4. The smallest absolute Gasteiger partial charge is 0.122 e. The van der Waals surface area contributed by atoms with Crippen LogP contribution in [0.5, 0.6) is 5.75 Å². The largest absolute Gasteiger partial charge is 0.508 e. The first-order chi connectivity index (χ1) is 9.17. The lowest BCUT2D eigenvalue weighted by Crippen LogP contribution is -2.32. The van der Waals surface area contributed by atoms with Gasteiger partial charge < -0.3 is 20.4 Å². The number of phenolic OH excluding ortho intramolecular Hbond substituents is 1. The van der Waals surface area contributed by atoms with Gasteiger partial charge in [0.05, 0.1) is 12.6 Å². The lowest BCUT2D eigenvalue weighted by molar-refractivity contribution is 0.266. The summed E-state index contributed by atoms with van der Waals surface area (Å²) >= 11 is 0. The molecule has 1 saturated heterocycles. The van der Waals surface area contributed by atoms with Crippen molar-refractivity contribution in [3.63, 3.8) is 0 Å². The summed E-state index contributed by atoms with van der Waals surface area (Å²) in [6.45, 7) is 6.10. The van der Waals surface area contributed by atoms with Crippen LogP contribution in [0.1, 0.15) is 38.3 Å². The van der Waals surface area contributed by atoms with Crippen LogP contribution < -0.4 is 10.2 Å². The molecule has 0 saturated carbocycles. The SMILES string of the molecule is CCNC(C)c1ccc(N2CCCC2CO)cc1O. The zero-order valence-corrected chi connectivity index (χ0v) is 11.8. The van der Waals surface area contributed by atoms with Gasteiger partial charge in [-0.25, -0.2) is 0 Å². The Kier molecular flexibility index (Phi) is 4.66. The molecule has 1 aliphatic rings. The number of benzene rings is 1. The number of aromatic hydroxyl groups is 1. The van der Waals surface area contributed by atoms with E-state index in [2.05, 4.69) is 17.1 Å². The third kappa shape index (κ3) is 3.01. The van der Waals surface area contributed by atoms with Gasteiger partial charge in [-0.05, 0) is 32.4 Å². The standard InChI is InChI=1S/C15H24N2O2/c1-3-16-11(2)14-7-6-12(9-15(14)19)17-8-4-5-13(17)10-18/h6-7,9,11,13,16,18-19H,3-5,8,10H2,1-2H3. The molecule has 0 amide bonds. The number of anilines is 1. The molecule has 0 radical (unpaired) electrons. The van der Waals surface area contributed by atoms with Crippen LogP contribution in [0.3, 0.4) is 0 Å². The van der Waals surface area contributed by atoms with Gasteiger partial charge in [0.25, 0.3) is 0 Å². The summed E-state index contributed by atoms with van der Waals surface area (Å²) in [4.78, 5) is 2.18. The van der Waals surface area contributed by atoms with Gasteiger partial charge in [0.1, 0.15) is 5.75 Å². The van der Waals surface area contributed by atoms with Gasteiger partial charge in [0.2, 0.25) is 0 Å². The van der Waals surface area contributed by atoms with E-state index in [-0.39, 0.29) is 18.7 Å². The normalized spacial score (nSPS) is 20.8. The maximum Gasteiger partial charge on any atom is 0.122 e. The molecule has 2 rings (SSSR count). The Hall–Kier alpha value is -1.26. The molecule has 1 aromatic carbocycles. The van der Waals surface area contributed by atoms with Gasteiger partial charge in [0, 0.05) is 29.9 Å². The predicted octanol–water partition coefficient (Wildman–Crippen LogP) is 2.02. The second-order valence-electron chi connectivity index (χ2n) is 5.19. The van der Waals surface area contributed by atoms with Crippen LogP contribution in [0.4, 0.5) is 5.69 Å². The van der Waals surface area contributed by atoms with Crippen LogP contribution in [-0.4, -0.2) is 36.0 Å². The molecule has 4 heteroatoms. The Balaban J connectivity index is 2.18. The van der Waals surface area contributed by atoms with Gasteiger partial charge in [0.15, 0.2) is 0 Å². The summed E-state index contributed by atoms with van der Waals surface area (Å²) in [6, 6.07) is 6.17. The van der Waals surface area contributed by atoms with E-state index in [0.29, 0.717) is 5.75 Å². The molecular formula is C15H24N2O2. The molecule has 4 nitrogen and oxygen atoms in total. The highest BCUT2D eigenvalue weighted by molar-refractivity contribution is 5.55. The van der Waals surface area contributed by atoms with Crippen molar-refractivity contribution in [2.24, 2.45) is 0 Å². The number of aliphatic hydroxyl groups is 1. The fourth-order valence-electron chi connectivity index (χ4n) is 2.86. The Morgan fingerprint density at radius 2 is 2.26 bits per heavy atom. The molecule has 1 aromatic rings. The van der Waals surface area contributed by atoms with Crippen molar-refractivity contribution in [3.05, 3.63) is 23.8 Å². The molecule has 2 atom stereocenters. The van der Waals surface area contributed by atoms with Crippen molar-refractivity contribution >= 4 is 5.69 Å². The fourth-order valence-corrected chi connectivity index (χ4v) is 2.86. The number of nitrogens with one attached hydrogen (secondary N) is 1. The van der Waals surface area contributed by atoms with E-state index in [9.17, 15) is 10.2 Å². The second-order valence-corrected chi connectivity index (χ2v) is 5.19. The fraction of sp³-hybridized carbons (Fsp3) is 0.600. The third-order valence-electron chi connectivity index (χ3n) is 3.91. The van der Waals surface area contributed by atoms with Crippen molar-refractivity contribution in [1.29, 1.82) is 0 Å².